The molecule has 0 aliphatic heterocycles. The second kappa shape index (κ2) is 10.5. The molecular formula is C22H20F2N2O3S. The number of alkyl halides is 2. The number of benzene rings is 2. The lowest BCUT2D eigenvalue weighted by Crippen LogP contribution is -2.20. The van der Waals surface area contributed by atoms with E-state index in [4.69, 9.17) is 4.74 Å². The van der Waals surface area contributed by atoms with E-state index in [0.717, 1.165) is 21.8 Å². The molecular weight excluding hydrogens is 410 g/mol. The maximum atomic E-state index is 12.1. The number of nitrogens with zero attached hydrogens (tertiary/aromatic N) is 1. The normalized spacial score (nSPS) is 11.1. The Kier molecular flexibility index (Phi) is 7.51. The van der Waals surface area contributed by atoms with Gasteiger partial charge in [0.2, 0.25) is 5.91 Å². The fraction of sp³-hybridized carbons (Fsp3) is 0.182. The molecule has 156 valence electrons. The molecule has 1 aromatic heterocycles. The van der Waals surface area contributed by atoms with Crippen LogP contribution in [0.15, 0.2) is 60.0 Å². The lowest BCUT2D eigenvalue weighted by atomic mass is 10.2. The van der Waals surface area contributed by atoms with Gasteiger partial charge in [-0.3, -0.25) is 4.79 Å². The highest BCUT2D eigenvalue weighted by Gasteiger charge is 2.04. The van der Waals surface area contributed by atoms with Crippen molar-refractivity contribution < 1.29 is 23.0 Å². The average molecular weight is 430 g/mol. The predicted octanol–water partition coefficient (Wildman–Crippen LogP) is 4.96. The molecule has 3 rings (SSSR count). The lowest BCUT2D eigenvalue weighted by Gasteiger charge is -2.06. The molecule has 0 radical (unpaired) electrons. The van der Waals surface area contributed by atoms with Gasteiger partial charge in [0.1, 0.15) is 18.1 Å². The summed E-state index contributed by atoms with van der Waals surface area (Å²) >= 11 is 1.58. The molecule has 0 bridgehead atoms. The standard InChI is InChI=1S/C22H20F2N2O3S/c1-15-26-18(14-30-15)13-28-20-4-2-3-16(11-20)7-10-21(27)25-12-17-5-8-19(9-6-17)29-22(23)24/h2-11,14,22H,12-13H2,1H3,(H,25,27)/b10-7+. The molecule has 0 aliphatic rings. The van der Waals surface area contributed by atoms with Crippen LogP contribution in [0, 0.1) is 6.92 Å². The SMILES string of the molecule is Cc1nc(COc2cccc(/C=C/C(=O)NCc3ccc(OC(F)F)cc3)c2)cs1. The summed E-state index contributed by atoms with van der Waals surface area (Å²) in [5, 5.41) is 5.70. The van der Waals surface area contributed by atoms with Gasteiger partial charge < -0.3 is 14.8 Å². The summed E-state index contributed by atoms with van der Waals surface area (Å²) in [6.45, 7) is -0.254. The van der Waals surface area contributed by atoms with E-state index in [1.165, 1.54) is 18.2 Å². The number of amides is 1. The van der Waals surface area contributed by atoms with Crippen LogP contribution >= 0.6 is 11.3 Å². The maximum Gasteiger partial charge on any atom is 0.387 e. The molecule has 8 heteroatoms. The van der Waals surface area contributed by atoms with Crippen molar-refractivity contribution in [2.75, 3.05) is 0 Å². The van der Waals surface area contributed by atoms with Crippen LogP contribution in [0.4, 0.5) is 8.78 Å². The zero-order valence-corrected chi connectivity index (χ0v) is 17.0. The van der Waals surface area contributed by atoms with Crippen molar-refractivity contribution >= 4 is 23.3 Å². The molecule has 1 amide bonds. The number of ether oxygens (including phenoxy) is 2. The van der Waals surface area contributed by atoms with E-state index in [0.29, 0.717) is 12.4 Å². The molecule has 3 aromatic rings. The average Bonchev–Trinajstić information content (AvgIpc) is 3.15. The lowest BCUT2D eigenvalue weighted by molar-refractivity contribution is -0.116. The number of hydrogen-bond donors (Lipinski definition) is 1. The molecule has 2 aromatic carbocycles. The number of nitrogens with one attached hydrogen (secondary N) is 1. The van der Waals surface area contributed by atoms with E-state index in [1.807, 2.05) is 36.6 Å². The van der Waals surface area contributed by atoms with Crippen LogP contribution in [-0.4, -0.2) is 17.5 Å². The van der Waals surface area contributed by atoms with E-state index in [9.17, 15) is 13.6 Å². The maximum absolute atomic E-state index is 12.1. The van der Waals surface area contributed by atoms with Crippen molar-refractivity contribution in [3.8, 4) is 11.5 Å². The quantitative estimate of drug-likeness (QED) is 0.488. The van der Waals surface area contributed by atoms with Crippen molar-refractivity contribution in [1.29, 1.82) is 0 Å². The van der Waals surface area contributed by atoms with Gasteiger partial charge in [-0.15, -0.1) is 11.3 Å². The Hall–Kier alpha value is -3.26. The Morgan fingerprint density at radius 2 is 2.00 bits per heavy atom. The molecule has 0 spiro atoms. The van der Waals surface area contributed by atoms with Gasteiger partial charge in [0.25, 0.3) is 0 Å². The third-order valence-corrected chi connectivity index (χ3v) is 4.78. The Labute approximate surface area is 177 Å². The van der Waals surface area contributed by atoms with Crippen LogP contribution in [-0.2, 0) is 17.9 Å². The summed E-state index contributed by atoms with van der Waals surface area (Å²) < 4.78 is 34.3. The Morgan fingerprint density at radius 3 is 2.70 bits per heavy atom. The van der Waals surface area contributed by atoms with Crippen LogP contribution in [0.5, 0.6) is 11.5 Å². The zero-order chi connectivity index (χ0) is 21.3. The van der Waals surface area contributed by atoms with Crippen molar-refractivity contribution in [2.45, 2.75) is 26.7 Å². The van der Waals surface area contributed by atoms with E-state index < -0.39 is 6.61 Å². The van der Waals surface area contributed by atoms with Gasteiger partial charge in [-0.05, 0) is 48.4 Å². The van der Waals surface area contributed by atoms with Gasteiger partial charge in [-0.1, -0.05) is 24.3 Å². The van der Waals surface area contributed by atoms with Crippen LogP contribution < -0.4 is 14.8 Å². The zero-order valence-electron chi connectivity index (χ0n) is 16.2. The van der Waals surface area contributed by atoms with Crippen molar-refractivity contribution in [2.24, 2.45) is 0 Å². The first kappa shape index (κ1) is 21.4. The minimum Gasteiger partial charge on any atom is -0.487 e. The fourth-order valence-electron chi connectivity index (χ4n) is 2.55. The summed E-state index contributed by atoms with van der Waals surface area (Å²) in [7, 11) is 0. The Balaban J connectivity index is 1.48. The van der Waals surface area contributed by atoms with Gasteiger partial charge >= 0.3 is 6.61 Å². The highest BCUT2D eigenvalue weighted by Crippen LogP contribution is 2.17. The van der Waals surface area contributed by atoms with Crippen molar-refractivity contribution in [3.05, 3.63) is 81.8 Å². The number of aryl methyl sites for hydroxylation is 1. The molecule has 30 heavy (non-hydrogen) atoms. The molecule has 0 unspecified atom stereocenters. The number of hydrogen-bond acceptors (Lipinski definition) is 5. The number of thiazole rings is 1. The highest BCUT2D eigenvalue weighted by molar-refractivity contribution is 7.09. The first-order valence-electron chi connectivity index (χ1n) is 9.11. The smallest absolute Gasteiger partial charge is 0.387 e. The van der Waals surface area contributed by atoms with Crippen molar-refractivity contribution in [3.63, 3.8) is 0 Å². The minimum absolute atomic E-state index is 0.0759. The molecule has 0 fully saturated rings. The molecule has 5 nitrogen and oxygen atoms in total. The molecule has 1 N–H and O–H groups in total. The monoisotopic (exact) mass is 430 g/mol. The largest absolute Gasteiger partial charge is 0.487 e. The van der Waals surface area contributed by atoms with E-state index in [2.05, 4.69) is 15.0 Å². The number of carbonyl (C=O) groups is 1. The van der Waals surface area contributed by atoms with Crippen LogP contribution in [0.1, 0.15) is 21.8 Å². The summed E-state index contributed by atoms with van der Waals surface area (Å²) in [6, 6.07) is 13.5. The van der Waals surface area contributed by atoms with Crippen LogP contribution in [0.25, 0.3) is 6.08 Å². The van der Waals surface area contributed by atoms with Gasteiger partial charge in [-0.25, -0.2) is 4.98 Å². The number of halogens is 2. The van der Waals surface area contributed by atoms with Crippen LogP contribution in [0.3, 0.4) is 0 Å². The second-order valence-electron chi connectivity index (χ2n) is 6.29. The first-order chi connectivity index (χ1) is 14.5. The predicted molar refractivity (Wildman–Crippen MR) is 112 cm³/mol. The fourth-order valence-corrected chi connectivity index (χ4v) is 3.15. The topological polar surface area (TPSA) is 60.5 Å². The van der Waals surface area contributed by atoms with E-state index >= 15 is 0 Å². The van der Waals surface area contributed by atoms with E-state index in [-0.39, 0.29) is 18.2 Å². The number of rotatable bonds is 9. The molecule has 0 saturated carbocycles. The van der Waals surface area contributed by atoms with Gasteiger partial charge in [-0.2, -0.15) is 8.78 Å². The first-order valence-corrected chi connectivity index (χ1v) is 9.99. The summed E-state index contributed by atoms with van der Waals surface area (Å²) in [4.78, 5) is 16.4. The molecule has 0 atom stereocenters. The molecule has 1 heterocycles. The van der Waals surface area contributed by atoms with Gasteiger partial charge in [0.15, 0.2) is 0 Å². The van der Waals surface area contributed by atoms with Gasteiger partial charge in [0.05, 0.1) is 10.7 Å². The summed E-state index contributed by atoms with van der Waals surface area (Å²) in [5.74, 6) is 0.494. The molecule has 0 aliphatic carbocycles. The summed E-state index contributed by atoms with van der Waals surface area (Å²) in [6.07, 6.45) is 3.12. The third kappa shape index (κ3) is 6.97. The Bertz CT molecular complexity index is 1000. The highest BCUT2D eigenvalue weighted by atomic mass is 32.1. The second-order valence-corrected chi connectivity index (χ2v) is 7.35. The van der Waals surface area contributed by atoms with Gasteiger partial charge in [0, 0.05) is 18.0 Å². The molecule has 0 saturated heterocycles. The number of aromatic nitrogens is 1. The minimum atomic E-state index is -2.86. The Morgan fingerprint density at radius 1 is 1.20 bits per heavy atom. The number of carbonyl (C=O) groups excluding carboxylic acids is 1. The van der Waals surface area contributed by atoms with Crippen molar-refractivity contribution in [1.82, 2.24) is 10.3 Å². The van der Waals surface area contributed by atoms with E-state index in [1.54, 1.807) is 29.5 Å². The summed E-state index contributed by atoms with van der Waals surface area (Å²) in [5.41, 5.74) is 2.48. The third-order valence-electron chi connectivity index (χ3n) is 3.95. The van der Waals surface area contributed by atoms with Crippen LogP contribution in [0.2, 0.25) is 0 Å².